The Morgan fingerprint density at radius 1 is 1.47 bits per heavy atom. The predicted molar refractivity (Wildman–Crippen MR) is 64.5 cm³/mol. The van der Waals surface area contributed by atoms with E-state index in [0.29, 0.717) is 5.82 Å². The van der Waals surface area contributed by atoms with Crippen LogP contribution in [-0.2, 0) is 4.74 Å². The number of hydrogen-bond acceptors (Lipinski definition) is 4. The minimum absolute atomic E-state index is 0.283. The van der Waals surface area contributed by atoms with Crippen molar-refractivity contribution < 1.29 is 9.13 Å². The molecule has 2 heterocycles. The number of pyridine rings is 1. The molecule has 5 heteroatoms. The van der Waals surface area contributed by atoms with E-state index >= 15 is 0 Å². The minimum atomic E-state index is -0.309. The first kappa shape index (κ1) is 12.3. The third-order valence-electron chi connectivity index (χ3n) is 2.76. The second-order valence-corrected chi connectivity index (χ2v) is 4.32. The molecule has 4 nitrogen and oxygen atoms in total. The number of hydrogen-bond donors (Lipinski definition) is 1. The number of nitrogens with zero attached hydrogens (tertiary/aromatic N) is 2. The summed E-state index contributed by atoms with van der Waals surface area (Å²) in [5.41, 5.74) is 0. The van der Waals surface area contributed by atoms with Crippen LogP contribution in [0.3, 0.4) is 0 Å². The van der Waals surface area contributed by atoms with Crippen LogP contribution >= 0.6 is 0 Å². The molecule has 1 atom stereocenters. The normalized spacial score (nSPS) is 18.9. The zero-order valence-electron chi connectivity index (χ0n) is 10.0. The second-order valence-electron chi connectivity index (χ2n) is 4.32. The van der Waals surface area contributed by atoms with Gasteiger partial charge in [-0.1, -0.05) is 0 Å². The number of rotatable bonds is 4. The molecule has 0 aromatic carbocycles. The smallest absolute Gasteiger partial charge is 0.141 e. The van der Waals surface area contributed by atoms with Gasteiger partial charge in [-0.2, -0.15) is 0 Å². The molecule has 1 aliphatic heterocycles. The van der Waals surface area contributed by atoms with Crippen molar-refractivity contribution in [3.05, 3.63) is 24.1 Å². The fourth-order valence-corrected chi connectivity index (χ4v) is 1.93. The summed E-state index contributed by atoms with van der Waals surface area (Å²) < 4.78 is 18.0. The Balaban J connectivity index is 1.79. The van der Waals surface area contributed by atoms with E-state index < -0.39 is 0 Å². The van der Waals surface area contributed by atoms with Crippen molar-refractivity contribution in [3.8, 4) is 0 Å². The molecule has 0 bridgehead atoms. The molecule has 0 radical (unpaired) electrons. The van der Waals surface area contributed by atoms with Gasteiger partial charge < -0.3 is 10.1 Å². The number of halogens is 1. The molecular formula is C12H18FN3O. The minimum Gasteiger partial charge on any atom is -0.379 e. The van der Waals surface area contributed by atoms with Gasteiger partial charge in [0.1, 0.15) is 11.6 Å². The maximum Gasteiger partial charge on any atom is 0.141 e. The van der Waals surface area contributed by atoms with E-state index in [4.69, 9.17) is 4.74 Å². The van der Waals surface area contributed by atoms with Gasteiger partial charge in [-0.25, -0.2) is 9.37 Å². The van der Waals surface area contributed by atoms with E-state index in [1.54, 1.807) is 6.07 Å². The van der Waals surface area contributed by atoms with Gasteiger partial charge in [-0.15, -0.1) is 0 Å². The van der Waals surface area contributed by atoms with Gasteiger partial charge in [0.05, 0.1) is 19.4 Å². The molecule has 1 fully saturated rings. The first-order valence-electron chi connectivity index (χ1n) is 5.92. The van der Waals surface area contributed by atoms with Crippen molar-refractivity contribution in [1.29, 1.82) is 0 Å². The molecule has 0 spiro atoms. The van der Waals surface area contributed by atoms with E-state index in [2.05, 4.69) is 22.1 Å². The van der Waals surface area contributed by atoms with Crippen LogP contribution in [0.4, 0.5) is 10.2 Å². The van der Waals surface area contributed by atoms with Crippen LogP contribution in [0.1, 0.15) is 6.92 Å². The molecule has 1 aromatic heterocycles. The van der Waals surface area contributed by atoms with Crippen LogP contribution in [-0.4, -0.2) is 48.8 Å². The van der Waals surface area contributed by atoms with Gasteiger partial charge in [0, 0.05) is 25.7 Å². The van der Waals surface area contributed by atoms with E-state index in [-0.39, 0.29) is 11.9 Å². The fourth-order valence-electron chi connectivity index (χ4n) is 1.93. The van der Waals surface area contributed by atoms with Crippen LogP contribution in [0, 0.1) is 5.82 Å². The molecular weight excluding hydrogens is 221 g/mol. The quantitative estimate of drug-likeness (QED) is 0.860. The molecule has 1 aromatic rings. The average Bonchev–Trinajstić information content (AvgIpc) is 2.33. The van der Waals surface area contributed by atoms with Crippen LogP contribution in [0.2, 0.25) is 0 Å². The Morgan fingerprint density at radius 3 is 2.88 bits per heavy atom. The van der Waals surface area contributed by atoms with E-state index in [0.717, 1.165) is 32.8 Å². The molecule has 2 rings (SSSR count). The van der Waals surface area contributed by atoms with Crippen LogP contribution in [0.25, 0.3) is 0 Å². The Labute approximate surface area is 101 Å². The van der Waals surface area contributed by atoms with Crippen molar-refractivity contribution in [2.45, 2.75) is 13.0 Å². The van der Waals surface area contributed by atoms with Crippen molar-refractivity contribution in [3.63, 3.8) is 0 Å². The number of aromatic nitrogens is 1. The predicted octanol–water partition coefficient (Wildman–Crippen LogP) is 1.35. The van der Waals surface area contributed by atoms with Gasteiger partial charge in [-0.3, -0.25) is 4.90 Å². The SMILES string of the molecule is CC(CN1CCOCC1)Nc1ccc(F)cn1. The zero-order chi connectivity index (χ0) is 12.1. The van der Waals surface area contributed by atoms with Crippen LogP contribution < -0.4 is 5.32 Å². The van der Waals surface area contributed by atoms with E-state index in [1.807, 2.05) is 0 Å². The molecule has 1 saturated heterocycles. The standard InChI is InChI=1S/C12H18FN3O/c1-10(9-16-4-6-17-7-5-16)15-12-3-2-11(13)8-14-12/h2-3,8,10H,4-7,9H2,1H3,(H,14,15). The highest BCUT2D eigenvalue weighted by atomic mass is 19.1. The molecule has 0 saturated carbocycles. The Bertz CT molecular complexity index is 338. The van der Waals surface area contributed by atoms with Crippen molar-refractivity contribution >= 4 is 5.82 Å². The van der Waals surface area contributed by atoms with Gasteiger partial charge >= 0.3 is 0 Å². The highest BCUT2D eigenvalue weighted by molar-refractivity contribution is 5.34. The first-order valence-corrected chi connectivity index (χ1v) is 5.92. The summed E-state index contributed by atoms with van der Waals surface area (Å²) in [6, 6.07) is 3.35. The number of anilines is 1. The third-order valence-corrected chi connectivity index (χ3v) is 2.76. The Morgan fingerprint density at radius 2 is 2.24 bits per heavy atom. The monoisotopic (exact) mass is 239 g/mol. The van der Waals surface area contributed by atoms with Crippen molar-refractivity contribution in [2.75, 3.05) is 38.2 Å². The maximum absolute atomic E-state index is 12.7. The second kappa shape index (κ2) is 5.93. The number of nitrogens with one attached hydrogen (secondary N) is 1. The molecule has 94 valence electrons. The topological polar surface area (TPSA) is 37.4 Å². The molecule has 1 N–H and O–H groups in total. The highest BCUT2D eigenvalue weighted by Crippen LogP contribution is 2.07. The fraction of sp³-hybridized carbons (Fsp3) is 0.583. The summed E-state index contributed by atoms with van der Waals surface area (Å²) in [6.07, 6.45) is 1.23. The number of ether oxygens (including phenoxy) is 1. The molecule has 17 heavy (non-hydrogen) atoms. The summed E-state index contributed by atoms with van der Waals surface area (Å²) in [4.78, 5) is 6.33. The van der Waals surface area contributed by atoms with Gasteiger partial charge in [0.25, 0.3) is 0 Å². The number of morpholine rings is 1. The first-order chi connectivity index (χ1) is 8.24. The summed E-state index contributed by atoms with van der Waals surface area (Å²) in [7, 11) is 0. The average molecular weight is 239 g/mol. The zero-order valence-corrected chi connectivity index (χ0v) is 10.0. The van der Waals surface area contributed by atoms with Crippen LogP contribution in [0.15, 0.2) is 18.3 Å². The Kier molecular flexibility index (Phi) is 4.28. The molecule has 0 aliphatic carbocycles. The lowest BCUT2D eigenvalue weighted by Crippen LogP contribution is -2.42. The van der Waals surface area contributed by atoms with E-state index in [9.17, 15) is 4.39 Å². The summed E-state index contributed by atoms with van der Waals surface area (Å²) in [6.45, 7) is 6.61. The van der Waals surface area contributed by atoms with Gasteiger partial charge in [-0.05, 0) is 19.1 Å². The van der Waals surface area contributed by atoms with E-state index in [1.165, 1.54) is 12.3 Å². The lowest BCUT2D eigenvalue weighted by molar-refractivity contribution is 0.0368. The summed E-state index contributed by atoms with van der Waals surface area (Å²) in [5.74, 6) is 0.406. The van der Waals surface area contributed by atoms with Crippen molar-refractivity contribution in [2.24, 2.45) is 0 Å². The Hall–Kier alpha value is -1.20. The molecule has 1 aliphatic rings. The summed E-state index contributed by atoms with van der Waals surface area (Å²) >= 11 is 0. The highest BCUT2D eigenvalue weighted by Gasteiger charge is 2.13. The maximum atomic E-state index is 12.7. The summed E-state index contributed by atoms with van der Waals surface area (Å²) in [5, 5.41) is 3.26. The third kappa shape index (κ3) is 3.94. The van der Waals surface area contributed by atoms with Crippen molar-refractivity contribution in [1.82, 2.24) is 9.88 Å². The molecule has 1 unspecified atom stereocenters. The van der Waals surface area contributed by atoms with Gasteiger partial charge in [0.2, 0.25) is 0 Å². The lowest BCUT2D eigenvalue weighted by atomic mass is 10.3. The van der Waals surface area contributed by atoms with Gasteiger partial charge in [0.15, 0.2) is 0 Å². The largest absolute Gasteiger partial charge is 0.379 e. The lowest BCUT2D eigenvalue weighted by Gasteiger charge is -2.29. The van der Waals surface area contributed by atoms with Crippen LogP contribution in [0.5, 0.6) is 0 Å². The molecule has 0 amide bonds.